The van der Waals surface area contributed by atoms with Crippen molar-refractivity contribution in [2.45, 2.75) is 6.18 Å². The SMILES string of the molecule is Cn1c(-c2ccc(Cl)cc2)c(-c2cccc(I)c2)c(C(=O)O)c1C(F)(F)F. The normalized spacial score (nSPS) is 11.6. The van der Waals surface area contributed by atoms with Gasteiger partial charge in [0.05, 0.1) is 11.3 Å². The van der Waals surface area contributed by atoms with E-state index in [0.717, 1.165) is 8.14 Å². The van der Waals surface area contributed by atoms with Crippen molar-refractivity contribution in [3.8, 4) is 22.4 Å². The highest BCUT2D eigenvalue weighted by atomic mass is 127. The Kier molecular flexibility index (Phi) is 5.27. The number of benzene rings is 2. The van der Waals surface area contributed by atoms with Gasteiger partial charge in [-0.15, -0.1) is 0 Å². The van der Waals surface area contributed by atoms with Crippen molar-refractivity contribution in [3.63, 3.8) is 0 Å². The minimum atomic E-state index is -4.83. The van der Waals surface area contributed by atoms with Crippen LogP contribution in [0.3, 0.4) is 0 Å². The van der Waals surface area contributed by atoms with Crippen molar-refractivity contribution >= 4 is 40.2 Å². The fourth-order valence-electron chi connectivity index (χ4n) is 3.09. The Bertz CT molecular complexity index is 1030. The molecule has 0 saturated heterocycles. The molecule has 0 saturated carbocycles. The molecule has 0 unspecified atom stereocenters. The second kappa shape index (κ2) is 7.20. The zero-order chi connectivity index (χ0) is 19.9. The topological polar surface area (TPSA) is 42.2 Å². The molecule has 0 amide bonds. The van der Waals surface area contributed by atoms with Crippen LogP contribution in [0.1, 0.15) is 16.1 Å². The van der Waals surface area contributed by atoms with E-state index in [2.05, 4.69) is 0 Å². The molecule has 0 aliphatic rings. The van der Waals surface area contributed by atoms with Crippen molar-refractivity contribution in [1.82, 2.24) is 4.57 Å². The lowest BCUT2D eigenvalue weighted by Gasteiger charge is -2.11. The summed E-state index contributed by atoms with van der Waals surface area (Å²) >= 11 is 7.92. The van der Waals surface area contributed by atoms with Crippen LogP contribution in [0.15, 0.2) is 48.5 Å². The van der Waals surface area contributed by atoms with E-state index in [9.17, 15) is 23.1 Å². The van der Waals surface area contributed by atoms with Crippen LogP contribution in [0, 0.1) is 3.57 Å². The van der Waals surface area contributed by atoms with Gasteiger partial charge in [-0.25, -0.2) is 4.79 Å². The summed E-state index contributed by atoms with van der Waals surface area (Å²) in [6, 6.07) is 13.0. The lowest BCUT2D eigenvalue weighted by Crippen LogP contribution is -2.16. The van der Waals surface area contributed by atoms with E-state index in [1.807, 2.05) is 22.6 Å². The van der Waals surface area contributed by atoms with Crippen molar-refractivity contribution in [2.75, 3.05) is 0 Å². The molecule has 0 spiro atoms. The fourth-order valence-corrected chi connectivity index (χ4v) is 3.76. The largest absolute Gasteiger partial charge is 0.478 e. The van der Waals surface area contributed by atoms with E-state index < -0.39 is 23.4 Å². The predicted molar refractivity (Wildman–Crippen MR) is 106 cm³/mol. The molecule has 0 atom stereocenters. The number of carbonyl (C=O) groups is 1. The van der Waals surface area contributed by atoms with Crippen LogP contribution in [-0.2, 0) is 13.2 Å². The molecule has 140 valence electrons. The third kappa shape index (κ3) is 3.70. The van der Waals surface area contributed by atoms with Crippen LogP contribution >= 0.6 is 34.2 Å². The molecule has 1 aromatic heterocycles. The standard InChI is InChI=1S/C19H12ClF3INO2/c1-25-16(10-5-7-12(20)8-6-10)14(11-3-2-4-13(24)9-11)15(18(26)27)17(25)19(21,22)23/h2-9H,1H3,(H,26,27). The average molecular weight is 506 g/mol. The summed E-state index contributed by atoms with van der Waals surface area (Å²) < 4.78 is 42.9. The number of hydrogen-bond donors (Lipinski definition) is 1. The number of rotatable bonds is 3. The highest BCUT2D eigenvalue weighted by Crippen LogP contribution is 2.44. The fraction of sp³-hybridized carbons (Fsp3) is 0.105. The Hall–Kier alpha value is -2.00. The molecule has 1 N–H and O–H groups in total. The number of hydrogen-bond acceptors (Lipinski definition) is 1. The number of aromatic nitrogens is 1. The number of alkyl halides is 3. The maximum atomic E-state index is 13.7. The molecule has 0 bridgehead atoms. The lowest BCUT2D eigenvalue weighted by molar-refractivity contribution is -0.143. The first-order chi connectivity index (χ1) is 12.6. The summed E-state index contributed by atoms with van der Waals surface area (Å²) in [6.45, 7) is 0. The Morgan fingerprint density at radius 3 is 2.26 bits per heavy atom. The molecule has 2 aromatic carbocycles. The predicted octanol–water partition coefficient (Wildman–Crippen LogP) is 6.33. The van der Waals surface area contributed by atoms with Gasteiger partial charge in [0.2, 0.25) is 0 Å². The van der Waals surface area contributed by atoms with Gasteiger partial charge in [-0.3, -0.25) is 0 Å². The van der Waals surface area contributed by atoms with Crippen LogP contribution in [-0.4, -0.2) is 15.6 Å². The second-order valence-corrected chi connectivity index (χ2v) is 7.51. The smallest absolute Gasteiger partial charge is 0.432 e. The van der Waals surface area contributed by atoms with Gasteiger partial charge in [-0.05, 0) is 58.0 Å². The number of carboxylic acid groups (broad SMARTS) is 1. The maximum absolute atomic E-state index is 13.7. The summed E-state index contributed by atoms with van der Waals surface area (Å²) in [7, 11) is 1.22. The van der Waals surface area contributed by atoms with Gasteiger partial charge in [0.15, 0.2) is 0 Å². The number of aromatic carboxylic acids is 1. The Morgan fingerprint density at radius 2 is 1.74 bits per heavy atom. The van der Waals surface area contributed by atoms with E-state index >= 15 is 0 Å². The Balaban J connectivity index is 2.48. The minimum absolute atomic E-state index is 0.0261. The molecule has 0 aliphatic carbocycles. The van der Waals surface area contributed by atoms with Crippen LogP contribution < -0.4 is 0 Å². The van der Waals surface area contributed by atoms with Gasteiger partial charge >= 0.3 is 12.1 Å². The van der Waals surface area contributed by atoms with E-state index in [4.69, 9.17) is 11.6 Å². The monoisotopic (exact) mass is 505 g/mol. The molecule has 3 aromatic rings. The molecule has 0 fully saturated rings. The number of carboxylic acids is 1. The van der Waals surface area contributed by atoms with Gasteiger partial charge in [0.1, 0.15) is 5.69 Å². The first-order valence-electron chi connectivity index (χ1n) is 7.66. The molecule has 1 heterocycles. The summed E-state index contributed by atoms with van der Waals surface area (Å²) in [5.41, 5.74) is -0.938. The summed E-state index contributed by atoms with van der Waals surface area (Å²) in [5.74, 6) is -1.63. The highest BCUT2D eigenvalue weighted by molar-refractivity contribution is 14.1. The van der Waals surface area contributed by atoms with Crippen LogP contribution in [0.25, 0.3) is 22.4 Å². The van der Waals surface area contributed by atoms with Crippen molar-refractivity contribution in [1.29, 1.82) is 0 Å². The zero-order valence-electron chi connectivity index (χ0n) is 13.8. The Labute approximate surface area is 171 Å². The average Bonchev–Trinajstić information content (AvgIpc) is 2.89. The maximum Gasteiger partial charge on any atom is 0.432 e. The molecule has 3 nitrogen and oxygen atoms in total. The first kappa shape index (κ1) is 19.8. The molecule has 0 aliphatic heterocycles. The van der Waals surface area contributed by atoms with E-state index in [-0.39, 0.29) is 11.3 Å². The van der Waals surface area contributed by atoms with Crippen molar-refractivity contribution in [3.05, 3.63) is 68.4 Å². The molecular weight excluding hydrogens is 494 g/mol. The molecule has 3 rings (SSSR count). The van der Waals surface area contributed by atoms with E-state index in [0.29, 0.717) is 16.1 Å². The van der Waals surface area contributed by atoms with Gasteiger partial charge in [-0.1, -0.05) is 35.9 Å². The number of halogens is 5. The minimum Gasteiger partial charge on any atom is -0.478 e. The molecule has 0 radical (unpaired) electrons. The quantitative estimate of drug-likeness (QED) is 0.423. The van der Waals surface area contributed by atoms with Gasteiger partial charge in [0, 0.05) is 21.2 Å². The third-order valence-corrected chi connectivity index (χ3v) is 5.03. The van der Waals surface area contributed by atoms with E-state index in [1.165, 1.54) is 7.05 Å². The zero-order valence-corrected chi connectivity index (χ0v) is 16.7. The first-order valence-corrected chi connectivity index (χ1v) is 9.12. The number of nitrogens with zero attached hydrogens (tertiary/aromatic N) is 1. The second-order valence-electron chi connectivity index (χ2n) is 5.83. The third-order valence-electron chi connectivity index (χ3n) is 4.11. The van der Waals surface area contributed by atoms with Crippen molar-refractivity contribution in [2.24, 2.45) is 7.05 Å². The summed E-state index contributed by atoms with van der Waals surface area (Å²) in [4.78, 5) is 11.9. The van der Waals surface area contributed by atoms with E-state index in [1.54, 1.807) is 48.5 Å². The van der Waals surface area contributed by atoms with Gasteiger partial charge in [-0.2, -0.15) is 13.2 Å². The van der Waals surface area contributed by atoms with Gasteiger partial charge in [0.25, 0.3) is 0 Å². The Morgan fingerprint density at radius 1 is 1.11 bits per heavy atom. The highest BCUT2D eigenvalue weighted by Gasteiger charge is 2.42. The molecular formula is C19H12ClF3INO2. The van der Waals surface area contributed by atoms with Crippen molar-refractivity contribution < 1.29 is 23.1 Å². The summed E-state index contributed by atoms with van der Waals surface area (Å²) in [6.07, 6.45) is -4.83. The lowest BCUT2D eigenvalue weighted by atomic mass is 9.97. The summed E-state index contributed by atoms with van der Waals surface area (Å²) in [5, 5.41) is 10.1. The van der Waals surface area contributed by atoms with Crippen LogP contribution in [0.2, 0.25) is 5.02 Å². The molecule has 8 heteroatoms. The van der Waals surface area contributed by atoms with Gasteiger partial charge < -0.3 is 9.67 Å². The van der Waals surface area contributed by atoms with Crippen LogP contribution in [0.5, 0.6) is 0 Å². The van der Waals surface area contributed by atoms with Crippen LogP contribution in [0.4, 0.5) is 13.2 Å². The molecule has 27 heavy (non-hydrogen) atoms.